The molecule has 1 aliphatic heterocycles. The van der Waals surface area contributed by atoms with Crippen molar-refractivity contribution in [3.8, 4) is 0 Å². The molecule has 0 amide bonds. The van der Waals surface area contributed by atoms with Crippen LogP contribution in [0.4, 0.5) is 13.2 Å². The summed E-state index contributed by atoms with van der Waals surface area (Å²) in [4.78, 5) is 0.141. The average Bonchev–Trinajstić information content (AvgIpc) is 3.14. The van der Waals surface area contributed by atoms with Gasteiger partial charge in [0.2, 0.25) is 10.0 Å². The third-order valence-electron chi connectivity index (χ3n) is 4.64. The fraction of sp³-hybridized carbons (Fsp3) is 0.333. The van der Waals surface area contributed by atoms with Gasteiger partial charge in [0.25, 0.3) is 0 Å². The molecule has 5 nitrogen and oxygen atoms in total. The van der Waals surface area contributed by atoms with Crippen LogP contribution in [0.15, 0.2) is 59.5 Å². The van der Waals surface area contributed by atoms with E-state index < -0.39 is 42.6 Å². The Morgan fingerprint density at radius 2 is 1.54 bits per heavy atom. The summed E-state index contributed by atoms with van der Waals surface area (Å²) in [5, 5.41) is -0.850. The number of sulfonamides is 1. The third kappa shape index (κ3) is 4.39. The van der Waals surface area contributed by atoms with E-state index in [1.165, 1.54) is 12.1 Å². The Morgan fingerprint density at radius 1 is 0.929 bits per heavy atom. The van der Waals surface area contributed by atoms with Crippen LogP contribution in [0.3, 0.4) is 0 Å². The molecule has 1 fully saturated rings. The van der Waals surface area contributed by atoms with E-state index in [1.54, 1.807) is 18.2 Å². The first-order chi connectivity index (χ1) is 13.0. The summed E-state index contributed by atoms with van der Waals surface area (Å²) in [6.07, 6.45) is -4.32. The second-order valence-corrected chi connectivity index (χ2v) is 10.8. The van der Waals surface area contributed by atoms with Gasteiger partial charge in [0.1, 0.15) is 0 Å². The summed E-state index contributed by atoms with van der Waals surface area (Å²) in [5.74, 6) is -0.483. The van der Waals surface area contributed by atoms with Crippen molar-refractivity contribution < 1.29 is 30.0 Å². The highest BCUT2D eigenvalue weighted by Crippen LogP contribution is 2.30. The van der Waals surface area contributed by atoms with Crippen molar-refractivity contribution in [2.45, 2.75) is 28.5 Å². The number of rotatable bonds is 5. The maximum absolute atomic E-state index is 12.7. The predicted octanol–water partition coefficient (Wildman–Crippen LogP) is 3.08. The standard InChI is InChI=1S/C18H18F3NO4S2/c19-18(20,21)15-8-6-14(7-9-15)13-27(23,24)22-11-10-17(12-22)28(25,26)16-4-2-1-3-5-16/h1-9,17H,10-13H2/t17-/m1/s1. The number of alkyl halides is 3. The van der Waals surface area contributed by atoms with E-state index in [0.717, 1.165) is 28.6 Å². The molecule has 0 spiro atoms. The highest BCUT2D eigenvalue weighted by Gasteiger charge is 2.39. The molecule has 2 aromatic rings. The van der Waals surface area contributed by atoms with Gasteiger partial charge in [0, 0.05) is 13.1 Å². The van der Waals surface area contributed by atoms with Gasteiger partial charge in [-0.25, -0.2) is 21.1 Å². The Labute approximate surface area is 161 Å². The van der Waals surface area contributed by atoms with Gasteiger partial charge in [-0.05, 0) is 36.2 Å². The molecule has 0 N–H and O–H groups in total. The lowest BCUT2D eigenvalue weighted by Gasteiger charge is -2.17. The van der Waals surface area contributed by atoms with Gasteiger partial charge in [0.15, 0.2) is 9.84 Å². The van der Waals surface area contributed by atoms with E-state index in [2.05, 4.69) is 0 Å². The monoisotopic (exact) mass is 433 g/mol. The first-order valence-electron chi connectivity index (χ1n) is 8.43. The van der Waals surface area contributed by atoms with Crippen molar-refractivity contribution in [1.29, 1.82) is 0 Å². The summed E-state index contributed by atoms with van der Waals surface area (Å²) in [7, 11) is -7.51. The van der Waals surface area contributed by atoms with E-state index in [1.807, 2.05) is 0 Å². The highest BCUT2D eigenvalue weighted by atomic mass is 32.2. The Morgan fingerprint density at radius 3 is 2.11 bits per heavy atom. The molecule has 0 aliphatic carbocycles. The first kappa shape index (κ1) is 20.8. The summed E-state index contributed by atoms with van der Waals surface area (Å²) < 4.78 is 89.5. The van der Waals surface area contributed by atoms with Crippen LogP contribution < -0.4 is 0 Å². The van der Waals surface area contributed by atoms with Crippen LogP contribution in [-0.2, 0) is 31.8 Å². The van der Waals surface area contributed by atoms with Crippen LogP contribution in [0, 0.1) is 0 Å². The van der Waals surface area contributed by atoms with E-state index in [-0.39, 0.29) is 30.0 Å². The Hall–Kier alpha value is -1.91. The second-order valence-electron chi connectivity index (χ2n) is 6.58. The zero-order valence-electron chi connectivity index (χ0n) is 14.6. The van der Waals surface area contributed by atoms with Crippen molar-refractivity contribution in [2.24, 2.45) is 0 Å². The van der Waals surface area contributed by atoms with Gasteiger partial charge >= 0.3 is 6.18 Å². The van der Waals surface area contributed by atoms with Crippen molar-refractivity contribution in [3.05, 3.63) is 65.7 Å². The summed E-state index contributed by atoms with van der Waals surface area (Å²) in [5.41, 5.74) is -0.647. The summed E-state index contributed by atoms with van der Waals surface area (Å²) in [6, 6.07) is 11.7. The predicted molar refractivity (Wildman–Crippen MR) is 97.7 cm³/mol. The first-order valence-corrected chi connectivity index (χ1v) is 11.6. The number of sulfone groups is 1. The number of halogens is 3. The fourth-order valence-electron chi connectivity index (χ4n) is 3.10. The molecule has 0 radical (unpaired) electrons. The lowest BCUT2D eigenvalue weighted by molar-refractivity contribution is -0.137. The number of hydrogen-bond acceptors (Lipinski definition) is 4. The van der Waals surface area contributed by atoms with Crippen molar-refractivity contribution >= 4 is 19.9 Å². The maximum atomic E-state index is 12.7. The van der Waals surface area contributed by atoms with Crippen molar-refractivity contribution in [3.63, 3.8) is 0 Å². The van der Waals surface area contributed by atoms with E-state index >= 15 is 0 Å². The smallest absolute Gasteiger partial charge is 0.223 e. The normalized spacial score (nSPS) is 19.0. The zero-order chi connectivity index (χ0) is 20.6. The molecular weight excluding hydrogens is 415 g/mol. The average molecular weight is 433 g/mol. The van der Waals surface area contributed by atoms with Crippen LogP contribution in [0.1, 0.15) is 17.5 Å². The molecule has 2 aromatic carbocycles. The number of nitrogens with zero attached hydrogens (tertiary/aromatic N) is 1. The molecule has 0 saturated carbocycles. The molecule has 28 heavy (non-hydrogen) atoms. The van der Waals surface area contributed by atoms with Gasteiger partial charge < -0.3 is 0 Å². The number of hydrogen-bond donors (Lipinski definition) is 0. The fourth-order valence-corrected chi connectivity index (χ4v) is 6.49. The largest absolute Gasteiger partial charge is 0.416 e. The van der Waals surface area contributed by atoms with Gasteiger partial charge in [-0.2, -0.15) is 13.2 Å². The lowest BCUT2D eigenvalue weighted by Crippen LogP contribution is -2.32. The van der Waals surface area contributed by atoms with Gasteiger partial charge in [0.05, 0.1) is 21.5 Å². The van der Waals surface area contributed by atoms with E-state index in [0.29, 0.717) is 0 Å². The van der Waals surface area contributed by atoms with Gasteiger partial charge in [-0.1, -0.05) is 30.3 Å². The molecule has 3 rings (SSSR count). The molecule has 1 heterocycles. The Bertz CT molecular complexity index is 1030. The summed E-state index contributed by atoms with van der Waals surface area (Å²) >= 11 is 0. The van der Waals surface area contributed by atoms with Crippen molar-refractivity contribution in [1.82, 2.24) is 4.31 Å². The van der Waals surface area contributed by atoms with Crippen LogP contribution in [0.25, 0.3) is 0 Å². The van der Waals surface area contributed by atoms with E-state index in [9.17, 15) is 30.0 Å². The molecule has 1 saturated heterocycles. The molecule has 0 unspecified atom stereocenters. The van der Waals surface area contributed by atoms with Gasteiger partial charge in [-0.15, -0.1) is 0 Å². The Balaban J connectivity index is 1.72. The Kier molecular flexibility index (Phi) is 5.57. The molecule has 0 bridgehead atoms. The van der Waals surface area contributed by atoms with Crippen LogP contribution in [0.5, 0.6) is 0 Å². The molecular formula is C18H18F3NO4S2. The molecule has 10 heteroatoms. The minimum Gasteiger partial charge on any atom is -0.223 e. The van der Waals surface area contributed by atoms with Crippen LogP contribution in [-0.4, -0.2) is 39.5 Å². The van der Waals surface area contributed by atoms with E-state index in [4.69, 9.17) is 0 Å². The van der Waals surface area contributed by atoms with Crippen LogP contribution >= 0.6 is 0 Å². The maximum Gasteiger partial charge on any atom is 0.416 e. The zero-order valence-corrected chi connectivity index (χ0v) is 16.3. The third-order valence-corrected chi connectivity index (χ3v) is 8.65. The molecule has 1 atom stereocenters. The molecule has 152 valence electrons. The number of benzene rings is 2. The quantitative estimate of drug-likeness (QED) is 0.727. The SMILES string of the molecule is O=S(=O)(c1ccccc1)[C@@H]1CCN(S(=O)(=O)Cc2ccc(C(F)(F)F)cc2)C1. The van der Waals surface area contributed by atoms with Gasteiger partial charge in [-0.3, -0.25) is 0 Å². The molecule has 0 aromatic heterocycles. The van der Waals surface area contributed by atoms with Crippen molar-refractivity contribution in [2.75, 3.05) is 13.1 Å². The lowest BCUT2D eigenvalue weighted by atomic mass is 10.1. The van der Waals surface area contributed by atoms with Crippen LogP contribution in [0.2, 0.25) is 0 Å². The molecule has 1 aliphatic rings. The minimum atomic E-state index is -4.49. The summed E-state index contributed by atoms with van der Waals surface area (Å²) in [6.45, 7) is -0.111. The minimum absolute atomic E-state index is 0.0553. The topological polar surface area (TPSA) is 71.5 Å². The second kappa shape index (κ2) is 7.49. The highest BCUT2D eigenvalue weighted by molar-refractivity contribution is 7.92.